The zero-order valence-electron chi connectivity index (χ0n) is 16.1. The third kappa shape index (κ3) is 2.96. The lowest BCUT2D eigenvalue weighted by Crippen LogP contribution is -2.45. The summed E-state index contributed by atoms with van der Waals surface area (Å²) in [4.78, 5) is 29.0. The van der Waals surface area contributed by atoms with Crippen molar-refractivity contribution in [3.63, 3.8) is 0 Å². The van der Waals surface area contributed by atoms with Gasteiger partial charge in [-0.25, -0.2) is 9.97 Å². The van der Waals surface area contributed by atoms with Crippen LogP contribution in [0.5, 0.6) is 0 Å². The second kappa shape index (κ2) is 7.17. The molecule has 0 saturated carbocycles. The topological polar surface area (TPSA) is 49.3 Å². The zero-order chi connectivity index (χ0) is 19.1. The van der Waals surface area contributed by atoms with Gasteiger partial charge < -0.3 is 9.80 Å². The monoisotopic (exact) mass is 392 g/mol. The van der Waals surface area contributed by atoms with Crippen molar-refractivity contribution < 1.29 is 4.79 Å². The first kappa shape index (κ1) is 17.6. The van der Waals surface area contributed by atoms with Gasteiger partial charge in [0.2, 0.25) is 5.91 Å². The highest BCUT2D eigenvalue weighted by molar-refractivity contribution is 7.18. The molecule has 0 N–H and O–H groups in total. The molecular weight excluding hydrogens is 368 g/mol. The summed E-state index contributed by atoms with van der Waals surface area (Å²) in [6.07, 6.45) is 5.60. The molecule has 0 bridgehead atoms. The number of fused-ring (bicyclic) bond motifs is 2. The van der Waals surface area contributed by atoms with E-state index in [1.165, 1.54) is 10.4 Å². The van der Waals surface area contributed by atoms with Crippen molar-refractivity contribution in [3.8, 4) is 0 Å². The van der Waals surface area contributed by atoms with E-state index in [1.54, 1.807) is 17.7 Å². The number of hydrogen-bond donors (Lipinski definition) is 0. The van der Waals surface area contributed by atoms with Gasteiger partial charge in [0, 0.05) is 30.2 Å². The molecule has 0 aliphatic carbocycles. The number of thiophene rings is 1. The normalized spacial score (nSPS) is 19.2. The first-order valence-electron chi connectivity index (χ1n) is 10.1. The number of anilines is 2. The molecule has 1 aromatic carbocycles. The van der Waals surface area contributed by atoms with Crippen molar-refractivity contribution in [2.24, 2.45) is 5.92 Å². The largest absolute Gasteiger partial charge is 0.355 e. The maximum Gasteiger partial charge on any atom is 0.231 e. The predicted octanol–water partition coefficient (Wildman–Crippen LogP) is 4.06. The van der Waals surface area contributed by atoms with Gasteiger partial charge in [0.25, 0.3) is 0 Å². The molecule has 1 unspecified atom stereocenters. The van der Waals surface area contributed by atoms with E-state index in [4.69, 9.17) is 0 Å². The van der Waals surface area contributed by atoms with Gasteiger partial charge in [0.15, 0.2) is 0 Å². The van der Waals surface area contributed by atoms with E-state index in [0.717, 1.165) is 67.0 Å². The standard InChI is InChI=1S/C22H24N4OS/c1-2-17-12-18-20(23-14-24-21(18)28-17)25-10-5-7-16(13-25)22(27)26-11-9-15-6-3-4-8-19(15)26/h3-4,6,8,12,14,16H,2,5,7,9-11,13H2,1H3. The minimum atomic E-state index is 0.0224. The van der Waals surface area contributed by atoms with Gasteiger partial charge in [-0.3, -0.25) is 4.79 Å². The van der Waals surface area contributed by atoms with Crippen LogP contribution in [0, 0.1) is 5.92 Å². The highest BCUT2D eigenvalue weighted by Crippen LogP contribution is 2.34. The summed E-state index contributed by atoms with van der Waals surface area (Å²) in [5, 5.41) is 1.13. The van der Waals surface area contributed by atoms with E-state index in [0.29, 0.717) is 0 Å². The quantitative estimate of drug-likeness (QED) is 0.674. The number of hydrogen-bond acceptors (Lipinski definition) is 5. The van der Waals surface area contributed by atoms with Crippen LogP contribution in [-0.2, 0) is 17.6 Å². The minimum Gasteiger partial charge on any atom is -0.355 e. The third-order valence-electron chi connectivity index (χ3n) is 5.93. The summed E-state index contributed by atoms with van der Waals surface area (Å²) in [7, 11) is 0. The van der Waals surface area contributed by atoms with Gasteiger partial charge in [-0.1, -0.05) is 25.1 Å². The molecule has 28 heavy (non-hydrogen) atoms. The van der Waals surface area contributed by atoms with Gasteiger partial charge in [-0.05, 0) is 43.4 Å². The lowest BCUT2D eigenvalue weighted by molar-refractivity contribution is -0.122. The molecule has 2 aromatic heterocycles. The molecule has 144 valence electrons. The van der Waals surface area contributed by atoms with Gasteiger partial charge in [-0.15, -0.1) is 11.3 Å². The van der Waals surface area contributed by atoms with Crippen LogP contribution >= 0.6 is 11.3 Å². The first-order valence-corrected chi connectivity index (χ1v) is 10.9. The second-order valence-electron chi connectivity index (χ2n) is 7.64. The van der Waals surface area contributed by atoms with Gasteiger partial charge >= 0.3 is 0 Å². The Hall–Kier alpha value is -2.47. The smallest absolute Gasteiger partial charge is 0.231 e. The SMILES string of the molecule is CCc1cc2c(N3CCCC(C(=O)N4CCc5ccccc54)C3)ncnc2s1. The molecule has 1 saturated heterocycles. The molecule has 1 amide bonds. The van der Waals surface area contributed by atoms with Crippen molar-refractivity contribution in [2.45, 2.75) is 32.6 Å². The predicted molar refractivity (Wildman–Crippen MR) is 114 cm³/mol. The maximum atomic E-state index is 13.3. The van der Waals surface area contributed by atoms with Crippen LogP contribution < -0.4 is 9.80 Å². The average molecular weight is 393 g/mol. The highest BCUT2D eigenvalue weighted by atomic mass is 32.1. The second-order valence-corrected chi connectivity index (χ2v) is 8.75. The maximum absolute atomic E-state index is 13.3. The minimum absolute atomic E-state index is 0.0224. The van der Waals surface area contributed by atoms with Crippen molar-refractivity contribution in [1.29, 1.82) is 0 Å². The molecule has 0 spiro atoms. The number of para-hydroxylation sites is 1. The van der Waals surface area contributed by atoms with Gasteiger partial charge in [0.1, 0.15) is 17.0 Å². The highest BCUT2D eigenvalue weighted by Gasteiger charge is 2.33. The fourth-order valence-corrected chi connectivity index (χ4v) is 5.41. The molecule has 3 aromatic rings. The number of benzene rings is 1. The fraction of sp³-hybridized carbons (Fsp3) is 0.409. The Morgan fingerprint density at radius 3 is 3.04 bits per heavy atom. The number of aryl methyl sites for hydroxylation is 1. The Labute approximate surface area is 169 Å². The Kier molecular flexibility index (Phi) is 4.51. The number of rotatable bonds is 3. The fourth-order valence-electron chi connectivity index (χ4n) is 4.48. The number of carbonyl (C=O) groups is 1. The lowest BCUT2D eigenvalue weighted by Gasteiger charge is -2.35. The summed E-state index contributed by atoms with van der Waals surface area (Å²) in [6.45, 7) is 4.66. The number of aromatic nitrogens is 2. The van der Waals surface area contributed by atoms with E-state index < -0.39 is 0 Å². The summed E-state index contributed by atoms with van der Waals surface area (Å²) < 4.78 is 0. The van der Waals surface area contributed by atoms with Crippen LogP contribution in [0.3, 0.4) is 0 Å². The third-order valence-corrected chi connectivity index (χ3v) is 7.12. The van der Waals surface area contributed by atoms with Gasteiger partial charge in [-0.2, -0.15) is 0 Å². The van der Waals surface area contributed by atoms with Crippen LogP contribution in [0.15, 0.2) is 36.7 Å². The average Bonchev–Trinajstić information content (AvgIpc) is 3.37. The lowest BCUT2D eigenvalue weighted by atomic mass is 9.96. The van der Waals surface area contributed by atoms with E-state index in [9.17, 15) is 4.79 Å². The van der Waals surface area contributed by atoms with E-state index in [2.05, 4.69) is 46.1 Å². The molecular formula is C22H24N4OS. The van der Waals surface area contributed by atoms with Crippen LogP contribution in [0.2, 0.25) is 0 Å². The van der Waals surface area contributed by atoms with Crippen LogP contribution in [-0.4, -0.2) is 35.5 Å². The number of amides is 1. The molecule has 0 radical (unpaired) electrons. The summed E-state index contributed by atoms with van der Waals surface area (Å²) in [5.74, 6) is 1.27. The molecule has 1 fully saturated rings. The summed E-state index contributed by atoms with van der Waals surface area (Å²) in [6, 6.07) is 10.5. The van der Waals surface area contributed by atoms with Crippen molar-refractivity contribution >= 4 is 39.0 Å². The van der Waals surface area contributed by atoms with Gasteiger partial charge in [0.05, 0.1) is 11.3 Å². The number of carbonyl (C=O) groups excluding carboxylic acids is 1. The van der Waals surface area contributed by atoms with Crippen LogP contribution in [0.4, 0.5) is 11.5 Å². The molecule has 2 aliphatic heterocycles. The Bertz CT molecular complexity index is 1030. The molecule has 4 heterocycles. The zero-order valence-corrected chi connectivity index (χ0v) is 16.9. The molecule has 6 heteroatoms. The Balaban J connectivity index is 1.40. The molecule has 1 atom stereocenters. The summed E-state index contributed by atoms with van der Waals surface area (Å²) >= 11 is 1.74. The van der Waals surface area contributed by atoms with Crippen molar-refractivity contribution in [1.82, 2.24) is 9.97 Å². The van der Waals surface area contributed by atoms with E-state index >= 15 is 0 Å². The molecule has 5 nitrogen and oxygen atoms in total. The van der Waals surface area contributed by atoms with Crippen LogP contribution in [0.25, 0.3) is 10.2 Å². The Morgan fingerprint density at radius 1 is 1.25 bits per heavy atom. The molecule has 5 rings (SSSR count). The summed E-state index contributed by atoms with van der Waals surface area (Å²) in [5.41, 5.74) is 2.38. The molecule has 2 aliphatic rings. The Morgan fingerprint density at radius 2 is 2.14 bits per heavy atom. The van der Waals surface area contributed by atoms with E-state index in [1.807, 2.05) is 11.0 Å². The number of nitrogens with zero attached hydrogens (tertiary/aromatic N) is 4. The van der Waals surface area contributed by atoms with Crippen molar-refractivity contribution in [2.75, 3.05) is 29.4 Å². The van der Waals surface area contributed by atoms with Crippen molar-refractivity contribution in [3.05, 3.63) is 47.1 Å². The number of piperidine rings is 1. The van der Waals surface area contributed by atoms with Crippen LogP contribution in [0.1, 0.15) is 30.2 Å². The van der Waals surface area contributed by atoms with E-state index in [-0.39, 0.29) is 11.8 Å². The first-order chi connectivity index (χ1) is 13.7.